The molecule has 0 saturated carbocycles. The molecule has 0 saturated heterocycles. The van der Waals surface area contributed by atoms with Gasteiger partial charge in [0.05, 0.1) is 0 Å². The summed E-state index contributed by atoms with van der Waals surface area (Å²) in [6, 6.07) is 13.3. The monoisotopic (exact) mass is 672 g/mol. The Morgan fingerprint density at radius 2 is 0.694 bits per heavy atom. The predicted octanol–water partition coefficient (Wildman–Crippen LogP) is 14.2. The number of nitrogens with zero attached hydrogens (tertiary/aromatic N) is 2. The maximum absolute atomic E-state index is 3.38. The highest BCUT2D eigenvalue weighted by molar-refractivity contribution is 5.51. The largest absolute Gasteiger partial charge is 0.372 e. The van der Waals surface area contributed by atoms with Crippen molar-refractivity contribution in [1.29, 1.82) is 0 Å². The van der Waals surface area contributed by atoms with Crippen LogP contribution in [0.5, 0.6) is 0 Å². The molecule has 0 atom stereocenters. The lowest BCUT2D eigenvalue weighted by molar-refractivity contribution is -0.693. The minimum absolute atomic E-state index is 0.990. The number of rotatable bonds is 32. The Kier molecular flexibility index (Phi) is 27.7. The Bertz CT molecular complexity index is 1010. The maximum atomic E-state index is 3.38. The number of aromatic nitrogens is 1. The van der Waals surface area contributed by atoms with Crippen LogP contribution < -0.4 is 9.47 Å². The number of anilines is 1. The van der Waals surface area contributed by atoms with Crippen LogP contribution in [0.1, 0.15) is 212 Å². The van der Waals surface area contributed by atoms with E-state index in [1.54, 1.807) is 0 Å². The number of pyridine rings is 1. The summed E-state index contributed by atoms with van der Waals surface area (Å²) in [7, 11) is 0. The second-order valence-corrected chi connectivity index (χ2v) is 14.9. The van der Waals surface area contributed by atoms with Crippen molar-refractivity contribution in [3.8, 4) is 11.8 Å². The Morgan fingerprint density at radius 1 is 0.388 bits per heavy atom. The molecule has 0 N–H and O–H groups in total. The fourth-order valence-electron chi connectivity index (χ4n) is 7.02. The summed E-state index contributed by atoms with van der Waals surface area (Å²) in [5.74, 6) is 6.73. The number of aryl methyl sites for hydroxylation is 1. The van der Waals surface area contributed by atoms with E-state index >= 15 is 0 Å². The maximum Gasteiger partial charge on any atom is 0.170 e. The Labute approximate surface area is 306 Å². The lowest BCUT2D eigenvalue weighted by Crippen LogP contribution is -2.30. The van der Waals surface area contributed by atoms with Crippen LogP contribution in [-0.2, 0) is 6.54 Å². The summed E-state index contributed by atoms with van der Waals surface area (Å²) in [6.45, 7) is 10.1. The summed E-state index contributed by atoms with van der Waals surface area (Å²) in [4.78, 5) is 2.67. The summed E-state index contributed by atoms with van der Waals surface area (Å²) < 4.78 is 2.17. The van der Waals surface area contributed by atoms with E-state index in [1.165, 1.54) is 199 Å². The molecule has 0 aliphatic heterocycles. The van der Waals surface area contributed by atoms with Gasteiger partial charge in [-0.2, -0.15) is 0 Å². The SMILES string of the molecule is CCCCCCCCCCCCCCCCN(CCCCCCCCCCCCCCCC)c1ccc(C#Cc2cc[n+](CC)cc2)cc1. The first-order chi connectivity index (χ1) is 24.3. The second kappa shape index (κ2) is 31.7. The molecular formula is C47H79N2+. The molecule has 1 aromatic heterocycles. The molecule has 0 amide bonds. The van der Waals surface area contributed by atoms with Gasteiger partial charge in [0.2, 0.25) is 0 Å². The molecule has 49 heavy (non-hydrogen) atoms. The zero-order chi connectivity index (χ0) is 34.9. The van der Waals surface area contributed by atoms with Crippen LogP contribution >= 0.6 is 0 Å². The number of hydrogen-bond acceptors (Lipinski definition) is 1. The van der Waals surface area contributed by atoms with Crippen LogP contribution in [0, 0.1) is 11.8 Å². The molecular weight excluding hydrogens is 593 g/mol. The standard InChI is InChI=1S/C47H79N2/c1-4-7-9-11-13-15-17-19-21-23-25-27-29-31-41-49(42-32-30-28-26-24-22-20-18-16-14-12-10-8-5-2)47-37-35-45(36-38-47)33-34-46-39-43-48(6-3)44-40-46/h35-40,43-44H,4-32,41-42H2,1-3H3/q+1. The first kappa shape index (κ1) is 42.9. The summed E-state index contributed by atoms with van der Waals surface area (Å²) >= 11 is 0. The minimum atomic E-state index is 0.990. The van der Waals surface area contributed by atoms with E-state index in [4.69, 9.17) is 0 Å². The van der Waals surface area contributed by atoms with Gasteiger partial charge in [-0.05, 0) is 44.0 Å². The van der Waals surface area contributed by atoms with Gasteiger partial charge < -0.3 is 4.90 Å². The molecule has 1 heterocycles. The molecule has 0 aliphatic rings. The summed E-state index contributed by atoms with van der Waals surface area (Å²) in [6.07, 6.45) is 44.0. The van der Waals surface area contributed by atoms with Crippen LogP contribution in [0.3, 0.4) is 0 Å². The van der Waals surface area contributed by atoms with Crippen LogP contribution in [0.2, 0.25) is 0 Å². The lowest BCUT2D eigenvalue weighted by atomic mass is 10.0. The molecule has 2 aromatic rings. The number of benzene rings is 1. The summed E-state index contributed by atoms with van der Waals surface area (Å²) in [5.41, 5.74) is 3.55. The van der Waals surface area contributed by atoms with Crippen molar-refractivity contribution in [2.24, 2.45) is 0 Å². The van der Waals surface area contributed by atoms with Crippen LogP contribution in [0.15, 0.2) is 48.8 Å². The fraction of sp³-hybridized carbons (Fsp3) is 0.723. The highest BCUT2D eigenvalue weighted by Gasteiger charge is 2.07. The second-order valence-electron chi connectivity index (χ2n) is 14.9. The van der Waals surface area contributed by atoms with Gasteiger partial charge in [0.25, 0.3) is 0 Å². The topological polar surface area (TPSA) is 7.12 Å². The van der Waals surface area contributed by atoms with Gasteiger partial charge in [-0.3, -0.25) is 0 Å². The van der Waals surface area contributed by atoms with Crippen molar-refractivity contribution in [3.63, 3.8) is 0 Å². The van der Waals surface area contributed by atoms with E-state index in [1.807, 2.05) is 0 Å². The lowest BCUT2D eigenvalue weighted by Gasteiger charge is -2.25. The first-order valence-electron chi connectivity index (χ1n) is 21.6. The quantitative estimate of drug-likeness (QED) is 0.0426. The first-order valence-corrected chi connectivity index (χ1v) is 21.6. The van der Waals surface area contributed by atoms with Gasteiger partial charge in [0, 0.05) is 42.0 Å². The van der Waals surface area contributed by atoms with Crippen molar-refractivity contribution < 1.29 is 4.57 Å². The van der Waals surface area contributed by atoms with E-state index < -0.39 is 0 Å². The predicted molar refractivity (Wildman–Crippen MR) is 218 cm³/mol. The Hall–Kier alpha value is -2.27. The fourth-order valence-corrected chi connectivity index (χ4v) is 7.02. The molecule has 0 unspecified atom stereocenters. The molecule has 1 aromatic carbocycles. The minimum Gasteiger partial charge on any atom is -0.372 e. The average molecular weight is 672 g/mol. The highest BCUT2D eigenvalue weighted by atomic mass is 15.1. The van der Waals surface area contributed by atoms with E-state index in [-0.39, 0.29) is 0 Å². The van der Waals surface area contributed by atoms with Gasteiger partial charge >= 0.3 is 0 Å². The molecule has 2 rings (SSSR count). The molecule has 0 fully saturated rings. The molecule has 0 aliphatic carbocycles. The zero-order valence-corrected chi connectivity index (χ0v) is 32.9. The van der Waals surface area contributed by atoms with Crippen molar-refractivity contribution in [2.45, 2.75) is 207 Å². The van der Waals surface area contributed by atoms with Crippen molar-refractivity contribution >= 4 is 5.69 Å². The molecule has 276 valence electrons. The molecule has 0 spiro atoms. The highest BCUT2D eigenvalue weighted by Crippen LogP contribution is 2.20. The van der Waals surface area contributed by atoms with Crippen molar-refractivity contribution in [2.75, 3.05) is 18.0 Å². The van der Waals surface area contributed by atoms with Crippen LogP contribution in [0.4, 0.5) is 5.69 Å². The zero-order valence-electron chi connectivity index (χ0n) is 32.9. The van der Waals surface area contributed by atoms with E-state index in [9.17, 15) is 0 Å². The molecule has 2 heteroatoms. The van der Waals surface area contributed by atoms with Gasteiger partial charge in [0.1, 0.15) is 6.54 Å². The average Bonchev–Trinajstić information content (AvgIpc) is 3.13. The third kappa shape index (κ3) is 23.7. The van der Waals surface area contributed by atoms with Crippen LogP contribution in [0.25, 0.3) is 0 Å². The van der Waals surface area contributed by atoms with E-state index in [0.717, 1.165) is 17.7 Å². The Balaban J connectivity index is 1.68. The van der Waals surface area contributed by atoms with Crippen molar-refractivity contribution in [1.82, 2.24) is 0 Å². The molecule has 2 nitrogen and oxygen atoms in total. The molecule has 0 radical (unpaired) electrons. The van der Waals surface area contributed by atoms with Gasteiger partial charge in [0.15, 0.2) is 12.4 Å². The van der Waals surface area contributed by atoms with Crippen LogP contribution in [-0.4, -0.2) is 13.1 Å². The van der Waals surface area contributed by atoms with Crippen molar-refractivity contribution in [3.05, 3.63) is 59.9 Å². The van der Waals surface area contributed by atoms with E-state index in [2.05, 4.69) is 90.9 Å². The van der Waals surface area contributed by atoms with Gasteiger partial charge in [-0.15, -0.1) is 0 Å². The van der Waals surface area contributed by atoms with Gasteiger partial charge in [-0.1, -0.05) is 193 Å². The Morgan fingerprint density at radius 3 is 1.02 bits per heavy atom. The van der Waals surface area contributed by atoms with E-state index in [0.29, 0.717) is 0 Å². The summed E-state index contributed by atoms with van der Waals surface area (Å²) in [5, 5.41) is 0. The van der Waals surface area contributed by atoms with Gasteiger partial charge in [-0.25, -0.2) is 4.57 Å². The smallest absolute Gasteiger partial charge is 0.170 e. The third-order valence-electron chi connectivity index (χ3n) is 10.4. The number of hydrogen-bond donors (Lipinski definition) is 0. The molecule has 0 bridgehead atoms. The third-order valence-corrected chi connectivity index (χ3v) is 10.4. The normalized spacial score (nSPS) is 11.1. The number of unbranched alkanes of at least 4 members (excludes halogenated alkanes) is 26.